The van der Waals surface area contributed by atoms with Gasteiger partial charge in [-0.2, -0.15) is 0 Å². The molecule has 2 nitrogen and oxygen atoms in total. The molecule has 1 aliphatic heterocycles. The number of rotatable bonds is 3. The van der Waals surface area contributed by atoms with Crippen molar-refractivity contribution in [2.45, 2.75) is 5.72 Å². The fourth-order valence-electron chi connectivity index (χ4n) is 3.20. The van der Waals surface area contributed by atoms with Gasteiger partial charge in [-0.3, -0.25) is 0 Å². The maximum absolute atomic E-state index is 6.30. The van der Waals surface area contributed by atoms with Gasteiger partial charge in [0.05, 0.1) is 4.88 Å². The number of nitrogens with zero attached hydrogens (tertiary/aromatic N) is 1. The van der Waals surface area contributed by atoms with E-state index >= 15 is 0 Å². The van der Waals surface area contributed by atoms with Gasteiger partial charge in [0.15, 0.2) is 0 Å². The highest BCUT2D eigenvalue weighted by Crippen LogP contribution is 2.40. The average molecular weight is 341 g/mol. The highest BCUT2D eigenvalue weighted by atomic mass is 32.1. The van der Waals surface area contributed by atoms with Crippen LogP contribution < -0.4 is 4.74 Å². The summed E-state index contributed by atoms with van der Waals surface area (Å²) in [7, 11) is 0. The summed E-state index contributed by atoms with van der Waals surface area (Å²) in [6.07, 6.45) is 5.78. The number of benzene rings is 3. The number of ether oxygens (including phenoxy) is 1. The van der Waals surface area contributed by atoms with Gasteiger partial charge in [-0.25, -0.2) is 4.99 Å². The van der Waals surface area contributed by atoms with Crippen molar-refractivity contribution in [3.63, 3.8) is 0 Å². The number of para-hydroxylation sites is 1. The molecule has 0 spiro atoms. The highest BCUT2D eigenvalue weighted by molar-refractivity contribution is 7.19. The van der Waals surface area contributed by atoms with Gasteiger partial charge in [0.1, 0.15) is 5.75 Å². The number of hydrogen-bond acceptors (Lipinski definition) is 3. The first-order valence-electron chi connectivity index (χ1n) is 8.22. The quantitative estimate of drug-likeness (QED) is 0.453. The standard InChI is InChI=1S/C22H15NOS/c1-2-9-19(10-3-1)24-22(11-6-12-23-22)21-15-18-13-16-7-4-5-8-17(16)14-20(18)25-21/h1-15H. The smallest absolute Gasteiger partial charge is 0.255 e. The highest BCUT2D eigenvalue weighted by Gasteiger charge is 2.34. The van der Waals surface area contributed by atoms with Crippen LogP contribution >= 0.6 is 11.3 Å². The lowest BCUT2D eigenvalue weighted by Gasteiger charge is -2.24. The number of thiophene rings is 1. The van der Waals surface area contributed by atoms with Crippen LogP contribution in [0.2, 0.25) is 0 Å². The van der Waals surface area contributed by atoms with Crippen molar-refractivity contribution < 1.29 is 4.74 Å². The van der Waals surface area contributed by atoms with Crippen LogP contribution in [0.3, 0.4) is 0 Å². The van der Waals surface area contributed by atoms with Crippen molar-refractivity contribution in [3.05, 3.63) is 89.8 Å². The molecule has 0 amide bonds. The molecular formula is C22H15NOS. The Morgan fingerprint density at radius 3 is 2.32 bits per heavy atom. The monoisotopic (exact) mass is 341 g/mol. The van der Waals surface area contributed by atoms with E-state index in [0.29, 0.717) is 0 Å². The van der Waals surface area contributed by atoms with Crippen molar-refractivity contribution in [2.75, 3.05) is 0 Å². The third-order valence-electron chi connectivity index (χ3n) is 4.43. The number of hydrogen-bond donors (Lipinski definition) is 0. The molecule has 0 aliphatic carbocycles. The van der Waals surface area contributed by atoms with Gasteiger partial charge >= 0.3 is 0 Å². The van der Waals surface area contributed by atoms with Gasteiger partial charge in [0, 0.05) is 10.9 Å². The molecule has 4 aromatic rings. The first-order chi connectivity index (χ1) is 12.3. The van der Waals surface area contributed by atoms with Crippen LogP contribution in [-0.4, -0.2) is 6.21 Å². The second-order valence-corrected chi connectivity index (χ2v) is 7.18. The molecule has 0 radical (unpaired) electrons. The zero-order valence-corrected chi connectivity index (χ0v) is 14.2. The Labute approximate surface area is 149 Å². The Morgan fingerprint density at radius 1 is 0.800 bits per heavy atom. The van der Waals surface area contributed by atoms with Crippen molar-refractivity contribution in [3.8, 4) is 5.75 Å². The first kappa shape index (κ1) is 14.4. The van der Waals surface area contributed by atoms with Gasteiger partial charge in [-0.1, -0.05) is 42.5 Å². The lowest BCUT2D eigenvalue weighted by molar-refractivity contribution is 0.138. The zero-order valence-electron chi connectivity index (χ0n) is 13.4. The maximum Gasteiger partial charge on any atom is 0.255 e. The molecule has 25 heavy (non-hydrogen) atoms. The molecule has 1 aliphatic rings. The fraction of sp³-hybridized carbons (Fsp3) is 0.0455. The largest absolute Gasteiger partial charge is 0.457 e. The Balaban J connectivity index is 1.65. The first-order valence-corrected chi connectivity index (χ1v) is 9.04. The Bertz CT molecular complexity index is 1060. The lowest BCUT2D eigenvalue weighted by Crippen LogP contribution is -2.25. The molecule has 5 rings (SSSR count). The minimum Gasteiger partial charge on any atom is -0.457 e. The number of allylic oxidation sites excluding steroid dienone is 1. The number of aliphatic imine (C=N–C) groups is 1. The van der Waals surface area contributed by atoms with E-state index in [1.165, 1.54) is 20.9 Å². The van der Waals surface area contributed by atoms with Crippen LogP contribution in [0.15, 0.2) is 89.9 Å². The molecule has 1 aromatic heterocycles. The minimum atomic E-state index is -0.767. The van der Waals surface area contributed by atoms with E-state index in [1.807, 2.05) is 48.7 Å². The van der Waals surface area contributed by atoms with Crippen LogP contribution in [0, 0.1) is 0 Å². The second kappa shape index (κ2) is 5.57. The number of fused-ring (bicyclic) bond motifs is 2. The summed E-state index contributed by atoms with van der Waals surface area (Å²) < 4.78 is 7.55. The lowest BCUT2D eigenvalue weighted by atomic mass is 10.1. The van der Waals surface area contributed by atoms with Crippen LogP contribution in [0.4, 0.5) is 0 Å². The van der Waals surface area contributed by atoms with Gasteiger partial charge in [0.25, 0.3) is 5.72 Å². The summed E-state index contributed by atoms with van der Waals surface area (Å²) in [5.74, 6) is 0.814. The predicted octanol–water partition coefficient (Wildman–Crippen LogP) is 5.93. The Hall–Kier alpha value is -2.91. The Kier molecular flexibility index (Phi) is 3.22. The van der Waals surface area contributed by atoms with Crippen LogP contribution in [0.5, 0.6) is 5.75 Å². The molecular weight excluding hydrogens is 326 g/mol. The molecule has 1 atom stereocenters. The van der Waals surface area contributed by atoms with Crippen LogP contribution in [0.1, 0.15) is 4.88 Å². The van der Waals surface area contributed by atoms with Crippen LogP contribution in [0.25, 0.3) is 20.9 Å². The fourth-order valence-corrected chi connectivity index (χ4v) is 4.35. The van der Waals surface area contributed by atoms with Crippen molar-refractivity contribution in [1.29, 1.82) is 0 Å². The van der Waals surface area contributed by atoms with Crippen molar-refractivity contribution in [1.82, 2.24) is 0 Å². The summed E-state index contributed by atoms with van der Waals surface area (Å²) >= 11 is 1.74. The summed E-state index contributed by atoms with van der Waals surface area (Å²) in [6, 6.07) is 25.0. The maximum atomic E-state index is 6.30. The molecule has 0 N–H and O–H groups in total. The summed E-state index contributed by atoms with van der Waals surface area (Å²) in [4.78, 5) is 5.74. The molecule has 0 saturated heterocycles. The van der Waals surface area contributed by atoms with E-state index in [1.54, 1.807) is 11.3 Å². The topological polar surface area (TPSA) is 21.6 Å². The average Bonchev–Trinajstić information content (AvgIpc) is 3.28. The Morgan fingerprint density at radius 2 is 1.56 bits per heavy atom. The predicted molar refractivity (Wildman–Crippen MR) is 106 cm³/mol. The van der Waals surface area contributed by atoms with Gasteiger partial charge in [-0.15, -0.1) is 11.3 Å². The molecule has 0 saturated carbocycles. The summed E-state index contributed by atoms with van der Waals surface area (Å²) in [5.41, 5.74) is -0.767. The molecule has 3 heteroatoms. The molecule has 0 bridgehead atoms. The van der Waals surface area contributed by atoms with E-state index in [-0.39, 0.29) is 0 Å². The van der Waals surface area contributed by atoms with E-state index in [4.69, 9.17) is 4.74 Å². The SMILES string of the molecule is C1=CC(Oc2ccccc2)(c2cc3cc4ccccc4cc3s2)N=C1. The molecule has 2 heterocycles. The van der Waals surface area contributed by atoms with Gasteiger partial charge in [-0.05, 0) is 58.6 Å². The van der Waals surface area contributed by atoms with Crippen molar-refractivity contribution in [2.24, 2.45) is 4.99 Å². The van der Waals surface area contributed by atoms with E-state index in [9.17, 15) is 0 Å². The van der Waals surface area contributed by atoms with E-state index in [0.717, 1.165) is 10.6 Å². The molecule has 3 aromatic carbocycles. The van der Waals surface area contributed by atoms with Crippen LogP contribution in [-0.2, 0) is 5.72 Å². The zero-order chi connectivity index (χ0) is 16.7. The summed E-state index contributed by atoms with van der Waals surface area (Å²) in [5, 5.41) is 3.74. The van der Waals surface area contributed by atoms with E-state index < -0.39 is 5.72 Å². The second-order valence-electron chi connectivity index (χ2n) is 6.10. The normalized spacial score (nSPS) is 19.0. The third kappa shape index (κ3) is 2.44. The van der Waals surface area contributed by atoms with Gasteiger partial charge in [0.2, 0.25) is 0 Å². The third-order valence-corrected chi connectivity index (χ3v) is 5.63. The molecule has 0 fully saturated rings. The molecule has 1 unspecified atom stereocenters. The molecule has 120 valence electrons. The summed E-state index contributed by atoms with van der Waals surface area (Å²) in [6.45, 7) is 0. The van der Waals surface area contributed by atoms with E-state index in [2.05, 4.69) is 47.5 Å². The van der Waals surface area contributed by atoms with Crippen molar-refractivity contribution >= 4 is 38.4 Å². The minimum absolute atomic E-state index is 0.767. The van der Waals surface area contributed by atoms with Gasteiger partial charge < -0.3 is 4.74 Å².